The Morgan fingerprint density at radius 3 is 2.53 bits per heavy atom. The zero-order valence-corrected chi connectivity index (χ0v) is 21.3. The summed E-state index contributed by atoms with van der Waals surface area (Å²) in [5.74, 6) is -1.74. The Hall–Kier alpha value is -3.00. The van der Waals surface area contributed by atoms with Gasteiger partial charge in [-0.05, 0) is 73.0 Å². The third-order valence-electron chi connectivity index (χ3n) is 5.75. The van der Waals surface area contributed by atoms with Gasteiger partial charge in [0.1, 0.15) is 5.76 Å². The maximum absolute atomic E-state index is 13.4. The fourth-order valence-electron chi connectivity index (χ4n) is 4.25. The molecule has 0 aliphatic carbocycles. The molecule has 1 aliphatic heterocycles. The summed E-state index contributed by atoms with van der Waals surface area (Å²) in [5, 5.41) is 12.1. The average molecular weight is 554 g/mol. The van der Waals surface area contributed by atoms with Gasteiger partial charge in [-0.25, -0.2) is 4.98 Å². The molecule has 8 heteroatoms. The number of hydrogen-bond donors (Lipinski definition) is 1. The minimum atomic E-state index is -0.838. The number of benzene rings is 3. The van der Waals surface area contributed by atoms with Crippen LogP contribution in [0.5, 0.6) is 0 Å². The molecule has 1 atom stereocenters. The second-order valence-electron chi connectivity index (χ2n) is 8.16. The monoisotopic (exact) mass is 552 g/mol. The lowest BCUT2D eigenvalue weighted by molar-refractivity contribution is -0.132. The highest BCUT2D eigenvalue weighted by atomic mass is 79.9. The molecule has 1 aromatic heterocycles. The molecule has 3 aromatic carbocycles. The van der Waals surface area contributed by atoms with Crippen molar-refractivity contribution in [2.75, 3.05) is 4.90 Å². The molecule has 2 heterocycles. The lowest BCUT2D eigenvalue weighted by Crippen LogP contribution is -2.29. The van der Waals surface area contributed by atoms with Crippen molar-refractivity contribution in [2.24, 2.45) is 0 Å². The van der Waals surface area contributed by atoms with Crippen molar-refractivity contribution in [3.05, 3.63) is 98.0 Å². The van der Waals surface area contributed by atoms with E-state index < -0.39 is 17.7 Å². The molecule has 0 spiro atoms. The van der Waals surface area contributed by atoms with Crippen LogP contribution in [0.3, 0.4) is 0 Å². The van der Waals surface area contributed by atoms with Gasteiger partial charge in [-0.2, -0.15) is 0 Å². The Morgan fingerprint density at radius 1 is 1.09 bits per heavy atom. The van der Waals surface area contributed by atoms with Crippen LogP contribution in [0.2, 0.25) is 5.02 Å². The predicted molar refractivity (Wildman–Crippen MR) is 139 cm³/mol. The number of rotatable bonds is 3. The molecule has 1 amide bonds. The number of aromatic nitrogens is 1. The summed E-state index contributed by atoms with van der Waals surface area (Å²) in [6.07, 6.45) is 0. The number of aryl methyl sites for hydroxylation is 2. The van der Waals surface area contributed by atoms with E-state index in [0.717, 1.165) is 25.8 Å². The fraction of sp³-hybridized carbons (Fsp3) is 0.115. The van der Waals surface area contributed by atoms with Gasteiger partial charge in [-0.3, -0.25) is 14.5 Å². The third-order valence-corrected chi connectivity index (χ3v) is 7.50. The van der Waals surface area contributed by atoms with E-state index >= 15 is 0 Å². The van der Waals surface area contributed by atoms with Crippen molar-refractivity contribution in [1.82, 2.24) is 4.98 Å². The number of nitrogens with zero attached hydrogens (tertiary/aromatic N) is 2. The fourth-order valence-corrected chi connectivity index (χ4v) is 5.96. The molecule has 170 valence electrons. The number of aliphatic hydroxyl groups excluding tert-OH is 1. The van der Waals surface area contributed by atoms with Gasteiger partial charge in [-0.1, -0.05) is 57.1 Å². The Labute approximate surface area is 213 Å². The van der Waals surface area contributed by atoms with Gasteiger partial charge >= 0.3 is 5.91 Å². The van der Waals surface area contributed by atoms with Crippen LogP contribution in [0.25, 0.3) is 16.0 Å². The average Bonchev–Trinajstić information content (AvgIpc) is 3.33. The molecule has 1 N–H and O–H groups in total. The summed E-state index contributed by atoms with van der Waals surface area (Å²) in [4.78, 5) is 32.8. The number of Topliss-reactive ketones (excluding diaryl/α,β-unsaturated/α-hetero) is 1. The van der Waals surface area contributed by atoms with Crippen molar-refractivity contribution >= 4 is 71.7 Å². The molecule has 1 unspecified atom stereocenters. The maximum Gasteiger partial charge on any atom is 0.301 e. The van der Waals surface area contributed by atoms with Gasteiger partial charge < -0.3 is 5.11 Å². The zero-order valence-electron chi connectivity index (χ0n) is 18.2. The van der Waals surface area contributed by atoms with Crippen molar-refractivity contribution in [2.45, 2.75) is 19.9 Å². The number of fused-ring (bicyclic) bond motifs is 1. The molecule has 1 saturated heterocycles. The summed E-state index contributed by atoms with van der Waals surface area (Å²) in [6, 6.07) is 17.0. The van der Waals surface area contributed by atoms with Crippen LogP contribution in [-0.2, 0) is 9.59 Å². The highest BCUT2D eigenvalue weighted by Gasteiger charge is 2.48. The summed E-state index contributed by atoms with van der Waals surface area (Å²) >= 11 is 10.8. The van der Waals surface area contributed by atoms with Crippen LogP contribution in [-0.4, -0.2) is 21.8 Å². The van der Waals surface area contributed by atoms with Crippen LogP contribution in [0.4, 0.5) is 5.13 Å². The van der Waals surface area contributed by atoms with Crippen LogP contribution < -0.4 is 4.90 Å². The second-order valence-corrected chi connectivity index (χ2v) is 10.5. The van der Waals surface area contributed by atoms with Gasteiger partial charge in [0.25, 0.3) is 5.78 Å². The minimum Gasteiger partial charge on any atom is -0.507 e. The third kappa shape index (κ3) is 3.83. The number of hydrogen-bond acceptors (Lipinski definition) is 5. The van der Waals surface area contributed by atoms with E-state index in [1.54, 1.807) is 24.3 Å². The maximum atomic E-state index is 13.4. The van der Waals surface area contributed by atoms with Crippen molar-refractivity contribution < 1.29 is 14.7 Å². The largest absolute Gasteiger partial charge is 0.507 e. The summed E-state index contributed by atoms with van der Waals surface area (Å²) in [5.41, 5.74) is 3.97. The molecule has 0 saturated carbocycles. The first-order valence-electron chi connectivity index (χ1n) is 10.4. The summed E-state index contributed by atoms with van der Waals surface area (Å²) in [6.45, 7) is 3.98. The summed E-state index contributed by atoms with van der Waals surface area (Å²) < 4.78 is 1.72. The van der Waals surface area contributed by atoms with E-state index in [0.29, 0.717) is 21.3 Å². The Kier molecular flexibility index (Phi) is 5.80. The second kappa shape index (κ2) is 8.65. The molecular weight excluding hydrogens is 536 g/mol. The standard InChI is InChI=1S/C26H18BrClN2O3S/c1-13-10-14(2)21-19(11-13)34-26(29-21)30-22(16-4-3-5-17(27)12-16)20(24(32)25(30)33)23(31)15-6-8-18(28)9-7-15/h3-12,22,31H,1-2H3. The lowest BCUT2D eigenvalue weighted by atomic mass is 9.95. The first-order valence-corrected chi connectivity index (χ1v) is 12.4. The summed E-state index contributed by atoms with van der Waals surface area (Å²) in [7, 11) is 0. The lowest BCUT2D eigenvalue weighted by Gasteiger charge is -2.23. The minimum absolute atomic E-state index is 0.0116. The zero-order chi connectivity index (χ0) is 24.1. The molecule has 5 rings (SSSR count). The Balaban J connectivity index is 1.75. The number of halogens is 2. The molecule has 4 aromatic rings. The number of anilines is 1. The van der Waals surface area contributed by atoms with E-state index in [4.69, 9.17) is 16.6 Å². The molecule has 1 aliphatic rings. The number of amides is 1. The van der Waals surface area contributed by atoms with Crippen molar-refractivity contribution in [1.29, 1.82) is 0 Å². The topological polar surface area (TPSA) is 70.5 Å². The van der Waals surface area contributed by atoms with Crippen LogP contribution in [0.1, 0.15) is 28.3 Å². The van der Waals surface area contributed by atoms with E-state index in [2.05, 4.69) is 15.9 Å². The quantitative estimate of drug-likeness (QED) is 0.169. The highest BCUT2D eigenvalue weighted by molar-refractivity contribution is 9.10. The van der Waals surface area contributed by atoms with Crippen LogP contribution >= 0.6 is 38.9 Å². The number of thiazole rings is 1. The van der Waals surface area contributed by atoms with Crippen molar-refractivity contribution in [3.63, 3.8) is 0 Å². The van der Waals surface area contributed by atoms with Gasteiger partial charge in [0.2, 0.25) is 0 Å². The smallest absolute Gasteiger partial charge is 0.301 e. The first kappa shape index (κ1) is 22.8. The van der Waals surface area contributed by atoms with E-state index in [-0.39, 0.29) is 11.3 Å². The van der Waals surface area contributed by atoms with Crippen molar-refractivity contribution in [3.8, 4) is 0 Å². The highest BCUT2D eigenvalue weighted by Crippen LogP contribution is 2.45. The number of carbonyl (C=O) groups is 2. The number of ketones is 1. The SMILES string of the molecule is Cc1cc(C)c2nc(N3C(=O)C(=O)C(=C(O)c4ccc(Cl)cc4)C3c3cccc(Br)c3)sc2c1. The van der Waals surface area contributed by atoms with E-state index in [9.17, 15) is 14.7 Å². The Morgan fingerprint density at radius 2 is 1.82 bits per heavy atom. The molecule has 5 nitrogen and oxygen atoms in total. The van der Waals surface area contributed by atoms with E-state index in [1.165, 1.54) is 16.2 Å². The van der Waals surface area contributed by atoms with Gasteiger partial charge in [0.05, 0.1) is 21.8 Å². The number of aliphatic hydroxyl groups is 1. The van der Waals surface area contributed by atoms with Gasteiger partial charge in [0, 0.05) is 15.1 Å². The predicted octanol–water partition coefficient (Wildman–Crippen LogP) is 6.96. The normalized spacial score (nSPS) is 17.6. The van der Waals surface area contributed by atoms with Crippen LogP contribution in [0.15, 0.2) is 70.7 Å². The van der Waals surface area contributed by atoms with Gasteiger partial charge in [-0.15, -0.1) is 0 Å². The molecular formula is C26H18BrClN2O3S. The molecule has 0 bridgehead atoms. The Bertz CT molecular complexity index is 1510. The van der Waals surface area contributed by atoms with Gasteiger partial charge in [0.15, 0.2) is 5.13 Å². The molecule has 1 fully saturated rings. The molecule has 34 heavy (non-hydrogen) atoms. The first-order chi connectivity index (χ1) is 16.2. The van der Waals surface area contributed by atoms with Crippen LogP contribution in [0, 0.1) is 13.8 Å². The van der Waals surface area contributed by atoms with E-state index in [1.807, 2.05) is 50.2 Å². The molecule has 0 radical (unpaired) electrons. The number of carbonyl (C=O) groups excluding carboxylic acids is 2.